The summed E-state index contributed by atoms with van der Waals surface area (Å²) < 4.78 is 1.74. The molecule has 1 aromatic heterocycles. The number of amides is 4. The lowest BCUT2D eigenvalue weighted by Gasteiger charge is -2.36. The summed E-state index contributed by atoms with van der Waals surface area (Å²) in [4.78, 5) is 61.1. The summed E-state index contributed by atoms with van der Waals surface area (Å²) in [6, 6.07) is 8.46. The molecule has 1 unspecified atom stereocenters. The van der Waals surface area contributed by atoms with E-state index in [9.17, 15) is 19.2 Å². The zero-order valence-corrected chi connectivity index (χ0v) is 20.2. The van der Waals surface area contributed by atoms with E-state index in [0.29, 0.717) is 37.4 Å². The van der Waals surface area contributed by atoms with Crippen molar-refractivity contribution in [3.05, 3.63) is 51.9 Å². The van der Waals surface area contributed by atoms with Crippen LogP contribution in [0.1, 0.15) is 43.0 Å². The van der Waals surface area contributed by atoms with Crippen molar-refractivity contribution in [3.63, 3.8) is 0 Å². The fraction of sp³-hybridized carbons (Fsp3) is 0.480. The number of imide groups is 1. The van der Waals surface area contributed by atoms with Crippen LogP contribution in [0.2, 0.25) is 0 Å². The Morgan fingerprint density at radius 2 is 1.83 bits per heavy atom. The molecule has 0 radical (unpaired) electrons. The van der Waals surface area contributed by atoms with Crippen molar-refractivity contribution in [2.24, 2.45) is 0 Å². The van der Waals surface area contributed by atoms with E-state index in [4.69, 9.17) is 4.98 Å². The highest BCUT2D eigenvalue weighted by atomic mass is 32.2. The van der Waals surface area contributed by atoms with Crippen LogP contribution in [0.4, 0.5) is 10.5 Å². The van der Waals surface area contributed by atoms with Crippen molar-refractivity contribution in [2.45, 2.75) is 55.8 Å². The van der Waals surface area contributed by atoms with Crippen molar-refractivity contribution in [2.75, 3.05) is 30.3 Å². The molecule has 2 fully saturated rings. The summed E-state index contributed by atoms with van der Waals surface area (Å²) >= 11 is 1.56. The van der Waals surface area contributed by atoms with Crippen LogP contribution in [-0.2, 0) is 22.4 Å². The quantitative estimate of drug-likeness (QED) is 0.479. The van der Waals surface area contributed by atoms with Crippen molar-refractivity contribution in [1.29, 1.82) is 0 Å². The zero-order valence-electron chi connectivity index (χ0n) is 19.4. The van der Waals surface area contributed by atoms with Gasteiger partial charge in [-0.3, -0.25) is 19.0 Å². The highest BCUT2D eigenvalue weighted by Crippen LogP contribution is 2.35. The molecule has 35 heavy (non-hydrogen) atoms. The first kappa shape index (κ1) is 22.3. The average Bonchev–Trinajstić information content (AvgIpc) is 3.58. The number of carbonyl (C=O) groups excluding carboxylic acids is 3. The van der Waals surface area contributed by atoms with Crippen LogP contribution in [0, 0.1) is 0 Å². The summed E-state index contributed by atoms with van der Waals surface area (Å²) in [5, 5.41) is 0.743. The van der Waals surface area contributed by atoms with Gasteiger partial charge in [-0.1, -0.05) is 30.0 Å². The van der Waals surface area contributed by atoms with Crippen LogP contribution in [0.5, 0.6) is 0 Å². The lowest BCUT2D eigenvalue weighted by atomic mass is 10.0. The van der Waals surface area contributed by atoms with Gasteiger partial charge in [0.15, 0.2) is 5.16 Å². The molecular weight excluding hydrogens is 466 g/mol. The summed E-state index contributed by atoms with van der Waals surface area (Å²) in [7, 11) is 0. The Labute approximate surface area is 207 Å². The highest BCUT2D eigenvalue weighted by molar-refractivity contribution is 7.99. The Hall–Kier alpha value is -3.14. The fourth-order valence-electron chi connectivity index (χ4n) is 5.70. The van der Waals surface area contributed by atoms with Gasteiger partial charge in [-0.15, -0.1) is 0 Å². The number of aryl methyl sites for hydroxylation is 1. The summed E-state index contributed by atoms with van der Waals surface area (Å²) in [6.07, 6.45) is 4.18. The maximum atomic E-state index is 13.1. The Morgan fingerprint density at radius 3 is 2.60 bits per heavy atom. The molecule has 4 heterocycles. The van der Waals surface area contributed by atoms with Crippen LogP contribution < -0.4 is 10.5 Å². The fourth-order valence-corrected chi connectivity index (χ4v) is 6.85. The SMILES string of the molecule is O=C(CC1CSc2nc3c(c(=O)n21)CCC3)N1CCC(N2CC(=O)N(c3ccccc3)C2=O)CC1. The number of likely N-dealkylation sites (tertiary alicyclic amines) is 1. The van der Waals surface area contributed by atoms with Gasteiger partial charge in [0.2, 0.25) is 5.91 Å². The van der Waals surface area contributed by atoms with Gasteiger partial charge >= 0.3 is 6.03 Å². The first-order chi connectivity index (χ1) is 17.0. The van der Waals surface area contributed by atoms with Gasteiger partial charge in [0, 0.05) is 36.9 Å². The van der Waals surface area contributed by atoms with E-state index in [1.807, 2.05) is 11.0 Å². The van der Waals surface area contributed by atoms with Crippen molar-refractivity contribution < 1.29 is 14.4 Å². The molecule has 182 valence electrons. The monoisotopic (exact) mass is 493 g/mol. The number of hydrogen-bond acceptors (Lipinski definition) is 6. The Morgan fingerprint density at radius 1 is 1.06 bits per heavy atom. The number of rotatable bonds is 4. The second kappa shape index (κ2) is 8.82. The summed E-state index contributed by atoms with van der Waals surface area (Å²) in [5.74, 6) is 0.499. The molecule has 3 aliphatic heterocycles. The molecule has 1 aliphatic carbocycles. The first-order valence-corrected chi connectivity index (χ1v) is 13.2. The van der Waals surface area contributed by atoms with Crippen LogP contribution in [0.25, 0.3) is 0 Å². The standard InChI is InChI=1S/C25H27N5O4S/c31-21(13-18-15-35-24-26-20-8-4-7-19(20)23(33)30(18)24)27-11-9-16(10-12-27)28-14-22(32)29(25(28)34)17-5-2-1-3-6-17/h1-3,5-6,16,18H,4,7-15H2. The van der Waals surface area contributed by atoms with Gasteiger partial charge in [0.05, 0.1) is 17.4 Å². The molecule has 9 nitrogen and oxygen atoms in total. The summed E-state index contributed by atoms with van der Waals surface area (Å²) in [6.45, 7) is 1.15. The predicted molar refractivity (Wildman–Crippen MR) is 131 cm³/mol. The number of hydrogen-bond donors (Lipinski definition) is 0. The molecule has 10 heteroatoms. The molecule has 0 saturated carbocycles. The van der Waals surface area contributed by atoms with E-state index < -0.39 is 0 Å². The molecule has 2 saturated heterocycles. The predicted octanol–water partition coefficient (Wildman–Crippen LogP) is 2.23. The third kappa shape index (κ3) is 3.84. The van der Waals surface area contributed by atoms with E-state index >= 15 is 0 Å². The number of fused-ring (bicyclic) bond motifs is 2. The zero-order chi connectivity index (χ0) is 24.1. The van der Waals surface area contributed by atoms with E-state index in [2.05, 4.69) is 0 Å². The van der Waals surface area contributed by atoms with Gasteiger partial charge in [-0.25, -0.2) is 14.7 Å². The minimum Gasteiger partial charge on any atom is -0.342 e. The molecular formula is C25H27N5O4S. The molecule has 2 aromatic rings. The number of para-hydroxylation sites is 1. The molecule has 4 amide bonds. The number of anilines is 1. The lowest BCUT2D eigenvalue weighted by Crippen LogP contribution is -2.48. The molecule has 1 aromatic carbocycles. The topological polar surface area (TPSA) is 95.8 Å². The minimum atomic E-state index is -0.287. The molecule has 0 N–H and O–H groups in total. The van der Waals surface area contributed by atoms with E-state index in [0.717, 1.165) is 35.7 Å². The smallest absolute Gasteiger partial charge is 0.332 e. The number of benzene rings is 1. The highest BCUT2D eigenvalue weighted by Gasteiger charge is 2.42. The number of carbonyl (C=O) groups is 3. The van der Waals surface area contributed by atoms with Gasteiger partial charge in [-0.05, 0) is 44.2 Å². The number of nitrogens with zero attached hydrogens (tertiary/aromatic N) is 5. The average molecular weight is 494 g/mol. The number of piperidine rings is 1. The second-order valence-electron chi connectivity index (χ2n) is 9.60. The Bertz CT molecular complexity index is 1250. The molecule has 4 aliphatic rings. The van der Waals surface area contributed by atoms with E-state index in [1.54, 1.807) is 45.5 Å². The number of urea groups is 1. The van der Waals surface area contributed by atoms with Crippen LogP contribution in [0.3, 0.4) is 0 Å². The van der Waals surface area contributed by atoms with E-state index in [1.165, 1.54) is 4.90 Å². The van der Waals surface area contributed by atoms with Gasteiger partial charge in [0.25, 0.3) is 11.5 Å². The van der Waals surface area contributed by atoms with Gasteiger partial charge in [-0.2, -0.15) is 0 Å². The van der Waals surface area contributed by atoms with Crippen molar-refractivity contribution >= 4 is 35.3 Å². The number of thioether (sulfide) groups is 1. The molecule has 0 bridgehead atoms. The Balaban J connectivity index is 1.08. The van der Waals surface area contributed by atoms with Crippen molar-refractivity contribution in [3.8, 4) is 0 Å². The summed E-state index contributed by atoms with van der Waals surface area (Å²) in [5.41, 5.74) is 2.37. The van der Waals surface area contributed by atoms with E-state index in [-0.39, 0.29) is 48.5 Å². The normalized spacial score (nSPS) is 22.2. The van der Waals surface area contributed by atoms with Crippen LogP contribution in [-0.4, -0.2) is 68.6 Å². The molecule has 1 atom stereocenters. The van der Waals surface area contributed by atoms with Crippen LogP contribution >= 0.6 is 11.8 Å². The Kier molecular flexibility index (Phi) is 5.63. The van der Waals surface area contributed by atoms with Crippen LogP contribution in [0.15, 0.2) is 40.3 Å². The number of aromatic nitrogens is 2. The third-order valence-electron chi connectivity index (χ3n) is 7.55. The first-order valence-electron chi connectivity index (χ1n) is 12.2. The van der Waals surface area contributed by atoms with Crippen molar-refractivity contribution in [1.82, 2.24) is 19.4 Å². The lowest BCUT2D eigenvalue weighted by molar-refractivity contribution is -0.133. The maximum absolute atomic E-state index is 13.1. The van der Waals surface area contributed by atoms with Gasteiger partial charge in [0.1, 0.15) is 6.54 Å². The third-order valence-corrected chi connectivity index (χ3v) is 8.64. The van der Waals surface area contributed by atoms with Gasteiger partial charge < -0.3 is 9.80 Å². The molecule has 6 rings (SSSR count). The minimum absolute atomic E-state index is 0.0315. The second-order valence-corrected chi connectivity index (χ2v) is 10.6. The maximum Gasteiger partial charge on any atom is 0.332 e. The molecule has 0 spiro atoms. The largest absolute Gasteiger partial charge is 0.342 e.